The number of nitrogens with zero attached hydrogens (tertiary/aromatic N) is 3. The Morgan fingerprint density at radius 2 is 1.68 bits per heavy atom. The molecule has 2 aromatic heterocycles. The molecule has 40 heavy (non-hydrogen) atoms. The van der Waals surface area contributed by atoms with Gasteiger partial charge in [-0.15, -0.1) is 0 Å². The smallest absolute Gasteiger partial charge is 0.336 e. The first-order valence-electron chi connectivity index (χ1n) is 12.2. The van der Waals surface area contributed by atoms with Crippen molar-refractivity contribution in [2.45, 2.75) is 17.2 Å². The molecule has 0 saturated heterocycles. The van der Waals surface area contributed by atoms with Crippen LogP contribution in [0.1, 0.15) is 22.8 Å². The molecule has 0 aliphatic carbocycles. The van der Waals surface area contributed by atoms with Crippen molar-refractivity contribution in [2.24, 2.45) is 0 Å². The van der Waals surface area contributed by atoms with Gasteiger partial charge in [-0.1, -0.05) is 71.9 Å². The summed E-state index contributed by atoms with van der Waals surface area (Å²) in [6.45, 7) is 1.74. The fourth-order valence-electron chi connectivity index (χ4n) is 4.12. The number of carboxylic acid groups (broad SMARTS) is 1. The highest BCUT2D eigenvalue weighted by molar-refractivity contribution is 8.00. The summed E-state index contributed by atoms with van der Waals surface area (Å²) in [5, 5.41) is 23.1. The number of para-hydroxylation sites is 1. The number of carbonyl (C=O) groups excluding carboxylic acids is 1. The molecule has 1 unspecified atom stereocenters. The molecule has 1 atom stereocenters. The lowest BCUT2D eigenvalue weighted by Crippen LogP contribution is -2.22. The van der Waals surface area contributed by atoms with Crippen LogP contribution < -0.4 is 5.32 Å². The Labute approximate surface area is 239 Å². The summed E-state index contributed by atoms with van der Waals surface area (Å²) >= 11 is 7.51. The van der Waals surface area contributed by atoms with Gasteiger partial charge < -0.3 is 10.4 Å². The van der Waals surface area contributed by atoms with Crippen molar-refractivity contribution in [2.75, 3.05) is 5.32 Å². The van der Waals surface area contributed by atoms with Gasteiger partial charge in [0.25, 0.3) is 0 Å². The molecular formula is C31H21ClN4O3S. The molecule has 5 aromatic rings. The summed E-state index contributed by atoms with van der Waals surface area (Å²) in [4.78, 5) is 34.0. The first-order valence-corrected chi connectivity index (χ1v) is 13.5. The van der Waals surface area contributed by atoms with Crippen molar-refractivity contribution in [1.82, 2.24) is 9.97 Å². The molecule has 0 fully saturated rings. The van der Waals surface area contributed by atoms with E-state index in [0.717, 1.165) is 5.56 Å². The molecule has 0 radical (unpaired) electrons. The number of carboxylic acids is 1. The van der Waals surface area contributed by atoms with Crippen LogP contribution in [0.25, 0.3) is 33.4 Å². The monoisotopic (exact) mass is 564 g/mol. The molecule has 0 saturated carbocycles. The molecule has 2 N–H and O–H groups in total. The maximum atomic E-state index is 13.0. The van der Waals surface area contributed by atoms with Gasteiger partial charge in [0, 0.05) is 27.2 Å². The summed E-state index contributed by atoms with van der Waals surface area (Å²) < 4.78 is 0. The maximum absolute atomic E-state index is 13.0. The lowest BCUT2D eigenvalue weighted by atomic mass is 10.0. The number of pyridine rings is 2. The second-order valence-electron chi connectivity index (χ2n) is 8.84. The molecular weight excluding hydrogens is 544 g/mol. The van der Waals surface area contributed by atoms with Crippen LogP contribution in [0.3, 0.4) is 0 Å². The number of halogens is 1. The van der Waals surface area contributed by atoms with Crippen LogP contribution in [-0.4, -0.2) is 32.2 Å². The number of hydrogen-bond acceptors (Lipinski definition) is 6. The number of fused-ring (bicyclic) bond motifs is 1. The van der Waals surface area contributed by atoms with Gasteiger partial charge in [-0.2, -0.15) is 5.26 Å². The summed E-state index contributed by atoms with van der Waals surface area (Å²) in [7, 11) is 0. The van der Waals surface area contributed by atoms with Crippen molar-refractivity contribution in [3.8, 4) is 28.6 Å². The molecule has 5 rings (SSSR count). The van der Waals surface area contributed by atoms with Crippen LogP contribution in [0.4, 0.5) is 5.69 Å². The predicted molar refractivity (Wildman–Crippen MR) is 157 cm³/mol. The number of carbonyl (C=O) groups is 2. The van der Waals surface area contributed by atoms with Crippen LogP contribution in [0.15, 0.2) is 96.0 Å². The highest BCUT2D eigenvalue weighted by Crippen LogP contribution is 2.32. The van der Waals surface area contributed by atoms with Crippen LogP contribution >= 0.6 is 23.4 Å². The van der Waals surface area contributed by atoms with Crippen molar-refractivity contribution < 1.29 is 14.7 Å². The van der Waals surface area contributed by atoms with E-state index < -0.39 is 11.2 Å². The highest BCUT2D eigenvalue weighted by atomic mass is 35.5. The van der Waals surface area contributed by atoms with Gasteiger partial charge in [0.05, 0.1) is 33.3 Å². The van der Waals surface area contributed by atoms with Crippen LogP contribution in [-0.2, 0) is 4.79 Å². The zero-order chi connectivity index (χ0) is 28.2. The fraction of sp³-hybridized carbons (Fsp3) is 0.0645. The molecule has 0 bridgehead atoms. The number of hydrogen-bond donors (Lipinski definition) is 2. The Hall–Kier alpha value is -4.71. The average molecular weight is 565 g/mol. The minimum absolute atomic E-state index is 0.174. The minimum atomic E-state index is -1.03. The molecule has 7 nitrogen and oxygen atoms in total. The second kappa shape index (κ2) is 11.6. The van der Waals surface area contributed by atoms with Crippen molar-refractivity contribution >= 4 is 51.8 Å². The van der Waals surface area contributed by atoms with Gasteiger partial charge in [-0.3, -0.25) is 4.79 Å². The largest absolute Gasteiger partial charge is 0.478 e. The standard InChI is InChI=1S/C31H21ClN4O3S/c1-18(40-30-20(17-33)12-15-27(36-30)23-7-2-4-8-25(23)32)29(37)34-21-13-10-19(11-14-21)28-16-24(31(38)39)22-6-3-5-9-26(22)35-28/h2-16,18H,1H3,(H,34,37)(H,38,39). The Bertz CT molecular complexity index is 1800. The highest BCUT2D eigenvalue weighted by Gasteiger charge is 2.19. The third kappa shape index (κ3) is 5.66. The first kappa shape index (κ1) is 26.9. The molecule has 0 aliphatic rings. The van der Waals surface area contributed by atoms with E-state index in [-0.39, 0.29) is 11.5 Å². The van der Waals surface area contributed by atoms with Crippen molar-refractivity contribution in [3.63, 3.8) is 0 Å². The van der Waals surface area contributed by atoms with E-state index in [9.17, 15) is 20.0 Å². The molecule has 1 amide bonds. The number of rotatable bonds is 7. The average Bonchev–Trinajstić information content (AvgIpc) is 2.97. The minimum Gasteiger partial charge on any atom is -0.478 e. The van der Waals surface area contributed by atoms with E-state index in [4.69, 9.17) is 11.6 Å². The first-order chi connectivity index (χ1) is 19.3. The van der Waals surface area contributed by atoms with E-state index in [1.54, 1.807) is 73.7 Å². The van der Waals surface area contributed by atoms with E-state index >= 15 is 0 Å². The molecule has 9 heteroatoms. The van der Waals surface area contributed by atoms with Gasteiger partial charge in [-0.25, -0.2) is 14.8 Å². The van der Waals surface area contributed by atoms with Gasteiger partial charge in [0.1, 0.15) is 11.1 Å². The van der Waals surface area contributed by atoms with E-state index in [2.05, 4.69) is 21.4 Å². The van der Waals surface area contributed by atoms with Crippen molar-refractivity contribution in [3.05, 3.63) is 107 Å². The van der Waals surface area contributed by atoms with E-state index in [1.807, 2.05) is 24.3 Å². The Morgan fingerprint density at radius 3 is 2.40 bits per heavy atom. The summed E-state index contributed by atoms with van der Waals surface area (Å²) in [5.74, 6) is -1.29. The van der Waals surface area contributed by atoms with Crippen LogP contribution in [0.5, 0.6) is 0 Å². The van der Waals surface area contributed by atoms with Gasteiger partial charge in [0.2, 0.25) is 5.91 Å². The van der Waals surface area contributed by atoms with Gasteiger partial charge in [0.15, 0.2) is 0 Å². The molecule has 196 valence electrons. The number of benzene rings is 3. The zero-order valence-electron chi connectivity index (χ0n) is 21.1. The number of aromatic carboxylic acids is 1. The Balaban J connectivity index is 1.32. The second-order valence-corrected chi connectivity index (χ2v) is 10.6. The molecule has 0 aliphatic heterocycles. The summed E-state index contributed by atoms with van der Waals surface area (Å²) in [5.41, 5.74) is 4.29. The van der Waals surface area contributed by atoms with E-state index in [1.165, 1.54) is 11.8 Å². The number of aromatic nitrogens is 2. The fourth-order valence-corrected chi connectivity index (χ4v) is 5.25. The van der Waals surface area contributed by atoms with Crippen molar-refractivity contribution in [1.29, 1.82) is 5.26 Å². The quantitative estimate of drug-likeness (QED) is 0.199. The predicted octanol–water partition coefficient (Wildman–Crippen LogP) is 7.31. The number of anilines is 1. The normalized spacial score (nSPS) is 11.5. The topological polar surface area (TPSA) is 116 Å². The SMILES string of the molecule is CC(Sc1nc(-c2ccccc2Cl)ccc1C#N)C(=O)Nc1ccc(-c2cc(C(=O)O)c3ccccc3n2)cc1. The number of thioether (sulfide) groups is 1. The Morgan fingerprint density at radius 1 is 0.950 bits per heavy atom. The summed E-state index contributed by atoms with van der Waals surface area (Å²) in [6.07, 6.45) is 0. The Kier molecular flexibility index (Phi) is 7.78. The van der Waals surface area contributed by atoms with E-state index in [0.29, 0.717) is 49.2 Å². The molecule has 3 aromatic carbocycles. The number of nitrogens with one attached hydrogen (secondary N) is 1. The summed E-state index contributed by atoms with van der Waals surface area (Å²) in [6, 6.07) is 28.5. The third-order valence-corrected chi connectivity index (χ3v) is 7.61. The molecule has 2 heterocycles. The maximum Gasteiger partial charge on any atom is 0.336 e. The number of amides is 1. The van der Waals surface area contributed by atoms with Gasteiger partial charge >= 0.3 is 5.97 Å². The van der Waals surface area contributed by atoms with Crippen LogP contribution in [0.2, 0.25) is 5.02 Å². The lowest BCUT2D eigenvalue weighted by Gasteiger charge is -2.14. The lowest BCUT2D eigenvalue weighted by molar-refractivity contribution is -0.115. The third-order valence-electron chi connectivity index (χ3n) is 6.18. The van der Waals surface area contributed by atoms with Crippen LogP contribution in [0, 0.1) is 11.3 Å². The van der Waals surface area contributed by atoms with Gasteiger partial charge in [-0.05, 0) is 49.4 Å². The molecule has 0 spiro atoms. The number of nitriles is 1. The zero-order valence-corrected chi connectivity index (χ0v) is 22.7.